The number of hydrogen-bond donors (Lipinski definition) is 0. The average Bonchev–Trinajstić information content (AvgIpc) is 3.24. The predicted octanol–water partition coefficient (Wildman–Crippen LogP) is 13.3. The molecule has 1 aromatic heterocycles. The quantitative estimate of drug-likeness (QED) is 0.170. The summed E-state index contributed by atoms with van der Waals surface area (Å²) >= 11 is 0. The molecule has 0 bridgehead atoms. The van der Waals surface area contributed by atoms with E-state index in [-0.39, 0.29) is 0 Å². The van der Waals surface area contributed by atoms with Gasteiger partial charge in [-0.15, -0.1) is 0 Å². The minimum Gasteiger partial charge on any atom is -0.228 e. The Morgan fingerprint density at radius 2 is 0.615 bits per heavy atom. The topological polar surface area (TPSA) is 25.8 Å². The van der Waals surface area contributed by atoms with Crippen LogP contribution >= 0.6 is 0 Å². The van der Waals surface area contributed by atoms with Crippen LogP contribution in [0.2, 0.25) is 0 Å². The van der Waals surface area contributed by atoms with Gasteiger partial charge in [-0.3, -0.25) is 0 Å². The molecule has 0 aliphatic heterocycles. The largest absolute Gasteiger partial charge is 0.228 e. The second-order valence-corrected chi connectivity index (χ2v) is 13.0. The average molecular weight is 663 g/mol. The van der Waals surface area contributed by atoms with Crippen LogP contribution in [0.1, 0.15) is 0 Å². The van der Waals surface area contributed by atoms with Gasteiger partial charge in [0.2, 0.25) is 0 Å². The maximum absolute atomic E-state index is 5.07. The van der Waals surface area contributed by atoms with Crippen molar-refractivity contribution < 1.29 is 0 Å². The summed E-state index contributed by atoms with van der Waals surface area (Å²) < 4.78 is 0. The second-order valence-electron chi connectivity index (χ2n) is 13.0. The Kier molecular flexibility index (Phi) is 8.24. The minimum atomic E-state index is 0.705. The fourth-order valence-corrected chi connectivity index (χ4v) is 7.03. The van der Waals surface area contributed by atoms with Crippen molar-refractivity contribution in [1.82, 2.24) is 9.97 Å². The van der Waals surface area contributed by atoms with Crippen LogP contribution in [0.25, 0.3) is 89.2 Å². The van der Waals surface area contributed by atoms with Gasteiger partial charge in [0.15, 0.2) is 5.82 Å². The van der Waals surface area contributed by atoms with Crippen LogP contribution in [-0.2, 0) is 0 Å². The molecule has 244 valence electrons. The van der Waals surface area contributed by atoms with E-state index in [0.717, 1.165) is 39.2 Å². The van der Waals surface area contributed by atoms with Crippen LogP contribution < -0.4 is 0 Å². The summed E-state index contributed by atoms with van der Waals surface area (Å²) in [5, 5.41) is 2.52. The molecule has 0 saturated carbocycles. The van der Waals surface area contributed by atoms with Gasteiger partial charge >= 0.3 is 0 Å². The van der Waals surface area contributed by atoms with Crippen LogP contribution in [0.15, 0.2) is 206 Å². The van der Waals surface area contributed by atoms with Gasteiger partial charge in [0.05, 0.1) is 11.4 Å². The van der Waals surface area contributed by atoms with Gasteiger partial charge in [-0.2, -0.15) is 0 Å². The molecular formula is C50H34N2. The Balaban J connectivity index is 1.05. The molecule has 52 heavy (non-hydrogen) atoms. The fourth-order valence-electron chi connectivity index (χ4n) is 7.03. The number of fused-ring (bicyclic) bond motifs is 1. The zero-order valence-corrected chi connectivity index (χ0v) is 28.5. The van der Waals surface area contributed by atoms with Gasteiger partial charge < -0.3 is 0 Å². The molecule has 0 saturated heterocycles. The molecule has 0 radical (unpaired) electrons. The number of benzene rings is 8. The van der Waals surface area contributed by atoms with Crippen molar-refractivity contribution in [3.63, 3.8) is 0 Å². The minimum absolute atomic E-state index is 0.705. The molecule has 9 aromatic rings. The molecule has 1 heterocycles. The Morgan fingerprint density at radius 3 is 1.15 bits per heavy atom. The van der Waals surface area contributed by atoms with Crippen molar-refractivity contribution in [2.45, 2.75) is 0 Å². The lowest BCUT2D eigenvalue weighted by Crippen LogP contribution is -1.96. The molecule has 8 aromatic carbocycles. The molecule has 0 N–H and O–H groups in total. The molecule has 0 unspecified atom stereocenters. The standard InChI is InChI=1S/C50H34N2/c1-3-15-36(16-4-1)48-34-49(37-17-5-2-6-18-37)52-50(51-48)45-27-12-25-43(33-45)41-23-10-21-39(31-41)38-20-9-22-40(30-38)42-24-11-26-44(32-42)47-29-13-19-35-14-7-8-28-46(35)47/h1-34H. The van der Waals surface area contributed by atoms with Crippen LogP contribution in [-0.4, -0.2) is 9.97 Å². The first kappa shape index (κ1) is 31.1. The van der Waals surface area contributed by atoms with E-state index >= 15 is 0 Å². The lowest BCUT2D eigenvalue weighted by Gasteiger charge is -2.12. The summed E-state index contributed by atoms with van der Waals surface area (Å²) in [7, 11) is 0. The maximum atomic E-state index is 5.07. The highest BCUT2D eigenvalue weighted by atomic mass is 14.9. The lowest BCUT2D eigenvalue weighted by atomic mass is 9.93. The highest BCUT2D eigenvalue weighted by Gasteiger charge is 2.12. The van der Waals surface area contributed by atoms with E-state index in [1.54, 1.807) is 0 Å². The van der Waals surface area contributed by atoms with Crippen molar-refractivity contribution in [2.24, 2.45) is 0 Å². The Hall–Kier alpha value is -6.90. The molecule has 9 rings (SSSR count). The number of hydrogen-bond acceptors (Lipinski definition) is 2. The van der Waals surface area contributed by atoms with Crippen LogP contribution in [0.5, 0.6) is 0 Å². The van der Waals surface area contributed by atoms with Gasteiger partial charge in [0.1, 0.15) is 0 Å². The van der Waals surface area contributed by atoms with Crippen LogP contribution in [0.3, 0.4) is 0 Å². The van der Waals surface area contributed by atoms with Crippen molar-refractivity contribution in [3.05, 3.63) is 206 Å². The number of aromatic nitrogens is 2. The maximum Gasteiger partial charge on any atom is 0.160 e. The van der Waals surface area contributed by atoms with Gasteiger partial charge in [0, 0.05) is 16.7 Å². The van der Waals surface area contributed by atoms with E-state index in [9.17, 15) is 0 Å². The van der Waals surface area contributed by atoms with Crippen molar-refractivity contribution in [2.75, 3.05) is 0 Å². The van der Waals surface area contributed by atoms with E-state index in [1.165, 1.54) is 44.2 Å². The molecule has 0 spiro atoms. The molecule has 2 heteroatoms. The second kappa shape index (κ2) is 13.8. The Bertz CT molecular complexity index is 2620. The van der Waals surface area contributed by atoms with E-state index in [4.69, 9.17) is 9.97 Å². The van der Waals surface area contributed by atoms with Crippen molar-refractivity contribution in [1.29, 1.82) is 0 Å². The highest BCUT2D eigenvalue weighted by molar-refractivity contribution is 5.97. The van der Waals surface area contributed by atoms with E-state index in [1.807, 2.05) is 36.4 Å². The highest BCUT2D eigenvalue weighted by Crippen LogP contribution is 2.35. The first-order chi connectivity index (χ1) is 25.7. The molecule has 0 aliphatic carbocycles. The van der Waals surface area contributed by atoms with Gasteiger partial charge in [0.25, 0.3) is 0 Å². The third-order valence-corrected chi connectivity index (χ3v) is 9.67. The molecule has 0 aliphatic rings. The summed E-state index contributed by atoms with van der Waals surface area (Å²) in [5.74, 6) is 0.705. The van der Waals surface area contributed by atoms with Gasteiger partial charge in [-0.25, -0.2) is 9.97 Å². The molecule has 0 fully saturated rings. The molecule has 0 amide bonds. The first-order valence-electron chi connectivity index (χ1n) is 17.6. The molecule has 2 nitrogen and oxygen atoms in total. The van der Waals surface area contributed by atoms with Gasteiger partial charge in [-0.05, 0) is 85.6 Å². The smallest absolute Gasteiger partial charge is 0.160 e. The van der Waals surface area contributed by atoms with Crippen molar-refractivity contribution in [3.8, 4) is 78.4 Å². The third-order valence-electron chi connectivity index (χ3n) is 9.67. The SMILES string of the molecule is c1ccc(-c2cc(-c3ccccc3)nc(-c3cccc(-c4cccc(-c5cccc(-c6cccc(-c7cccc8ccccc78)c6)c5)c4)c3)n2)cc1. The summed E-state index contributed by atoms with van der Waals surface area (Å²) in [5.41, 5.74) is 14.4. The van der Waals surface area contributed by atoms with E-state index < -0.39 is 0 Å². The van der Waals surface area contributed by atoms with Crippen LogP contribution in [0, 0.1) is 0 Å². The van der Waals surface area contributed by atoms with E-state index in [2.05, 4.69) is 170 Å². The lowest BCUT2D eigenvalue weighted by molar-refractivity contribution is 1.18. The summed E-state index contributed by atoms with van der Waals surface area (Å²) in [6.45, 7) is 0. The monoisotopic (exact) mass is 662 g/mol. The fraction of sp³-hybridized carbons (Fsp3) is 0. The van der Waals surface area contributed by atoms with Crippen LogP contribution in [0.4, 0.5) is 0 Å². The predicted molar refractivity (Wildman–Crippen MR) is 218 cm³/mol. The van der Waals surface area contributed by atoms with E-state index in [0.29, 0.717) is 5.82 Å². The summed E-state index contributed by atoms with van der Waals surface area (Å²) in [6.07, 6.45) is 0. The number of nitrogens with zero attached hydrogens (tertiary/aromatic N) is 2. The molecule has 0 atom stereocenters. The third kappa shape index (κ3) is 6.30. The summed E-state index contributed by atoms with van der Waals surface area (Å²) in [6, 6.07) is 72.9. The normalized spacial score (nSPS) is 11.1. The Labute approximate surface area is 304 Å². The first-order valence-corrected chi connectivity index (χ1v) is 17.6. The Morgan fingerprint density at radius 1 is 0.250 bits per heavy atom. The van der Waals surface area contributed by atoms with Gasteiger partial charge in [-0.1, -0.05) is 176 Å². The molecular weight excluding hydrogens is 629 g/mol. The zero-order valence-electron chi connectivity index (χ0n) is 28.5. The summed E-state index contributed by atoms with van der Waals surface area (Å²) in [4.78, 5) is 10.1. The zero-order chi connectivity index (χ0) is 34.7. The van der Waals surface area contributed by atoms with Crippen molar-refractivity contribution >= 4 is 10.8 Å². The number of rotatable bonds is 7.